The Labute approximate surface area is 158 Å². The maximum atomic E-state index is 12.1. The van der Waals surface area contributed by atoms with Gasteiger partial charge in [0.25, 0.3) is 11.9 Å². The molecule has 1 radical (unpaired) electrons. The predicted molar refractivity (Wildman–Crippen MR) is 87.0 cm³/mol. The SMILES string of the molecule is Nc1ccc(-c2cc(Cl)cc(C(=O)Nc3nn[nH]n3)n2)cc1.[Na]. The van der Waals surface area contributed by atoms with Crippen molar-refractivity contribution in [3.63, 3.8) is 0 Å². The summed E-state index contributed by atoms with van der Waals surface area (Å²) < 4.78 is 0. The molecular formula is C13H10ClN7NaO. The number of amides is 1. The quantitative estimate of drug-likeness (QED) is 0.489. The zero-order valence-electron chi connectivity index (χ0n) is 12.1. The van der Waals surface area contributed by atoms with Crippen LogP contribution in [0.25, 0.3) is 11.3 Å². The van der Waals surface area contributed by atoms with E-state index in [9.17, 15) is 4.79 Å². The van der Waals surface area contributed by atoms with E-state index in [-0.39, 0.29) is 41.2 Å². The van der Waals surface area contributed by atoms with Crippen molar-refractivity contribution in [1.29, 1.82) is 0 Å². The number of rotatable bonds is 3. The molecule has 0 saturated heterocycles. The average Bonchev–Trinajstić information content (AvgIpc) is 3.00. The van der Waals surface area contributed by atoms with Crippen LogP contribution in [0.15, 0.2) is 36.4 Å². The number of carbonyl (C=O) groups excluding carboxylic acids is 1. The van der Waals surface area contributed by atoms with Crippen LogP contribution in [0.4, 0.5) is 11.6 Å². The smallest absolute Gasteiger partial charge is 0.276 e. The van der Waals surface area contributed by atoms with Gasteiger partial charge in [0.2, 0.25) is 0 Å². The minimum Gasteiger partial charge on any atom is -0.399 e. The fourth-order valence-electron chi connectivity index (χ4n) is 1.80. The van der Waals surface area contributed by atoms with Gasteiger partial charge in [0.05, 0.1) is 5.69 Å². The number of benzene rings is 1. The first kappa shape index (κ1) is 17.4. The van der Waals surface area contributed by atoms with Gasteiger partial charge in [-0.3, -0.25) is 10.1 Å². The standard InChI is InChI=1S/C13H10ClN7O.Na/c14-8-5-10(7-1-3-9(15)4-2-7)16-11(6-8)12(22)17-13-18-20-21-19-13;/h1-6H,15H2,(H2,17,18,19,20,21,22);. The molecule has 0 atom stereocenters. The average molecular weight is 339 g/mol. The van der Waals surface area contributed by atoms with E-state index >= 15 is 0 Å². The number of nitrogens with two attached hydrogens (primary N) is 1. The first-order valence-electron chi connectivity index (χ1n) is 6.20. The van der Waals surface area contributed by atoms with Gasteiger partial charge >= 0.3 is 0 Å². The molecule has 2 aromatic heterocycles. The molecule has 3 rings (SSSR count). The Morgan fingerprint density at radius 2 is 1.96 bits per heavy atom. The molecule has 2 heterocycles. The second-order valence-corrected chi connectivity index (χ2v) is 4.80. The Morgan fingerprint density at radius 1 is 1.22 bits per heavy atom. The minimum absolute atomic E-state index is 0. The van der Waals surface area contributed by atoms with Crippen LogP contribution in [0.2, 0.25) is 5.02 Å². The first-order chi connectivity index (χ1) is 10.6. The molecule has 0 aliphatic rings. The number of hydrogen-bond donors (Lipinski definition) is 3. The van der Waals surface area contributed by atoms with Crippen LogP contribution in [0.1, 0.15) is 10.5 Å². The number of nitrogens with one attached hydrogen (secondary N) is 2. The van der Waals surface area contributed by atoms with Crippen LogP contribution < -0.4 is 11.1 Å². The number of nitrogens with zero attached hydrogens (tertiary/aromatic N) is 4. The van der Waals surface area contributed by atoms with Crippen LogP contribution in [-0.2, 0) is 0 Å². The fourth-order valence-corrected chi connectivity index (χ4v) is 2.00. The summed E-state index contributed by atoms with van der Waals surface area (Å²) in [5, 5.41) is 15.7. The van der Waals surface area contributed by atoms with Gasteiger partial charge in [0.1, 0.15) is 5.69 Å². The largest absolute Gasteiger partial charge is 0.399 e. The van der Waals surface area contributed by atoms with Crippen LogP contribution in [0, 0.1) is 0 Å². The fraction of sp³-hybridized carbons (Fsp3) is 0. The minimum atomic E-state index is -0.486. The maximum Gasteiger partial charge on any atom is 0.276 e. The molecule has 0 spiro atoms. The number of halogens is 1. The van der Waals surface area contributed by atoms with Crippen molar-refractivity contribution >= 4 is 58.7 Å². The molecule has 3 aromatic rings. The van der Waals surface area contributed by atoms with E-state index in [1.807, 2.05) is 0 Å². The van der Waals surface area contributed by atoms with Crippen LogP contribution in [-0.4, -0.2) is 61.1 Å². The Bertz CT molecular complexity index is 808. The van der Waals surface area contributed by atoms with E-state index in [1.54, 1.807) is 30.3 Å². The molecule has 4 N–H and O–H groups in total. The molecule has 0 fully saturated rings. The van der Waals surface area contributed by atoms with Crippen LogP contribution in [0.5, 0.6) is 0 Å². The number of H-pyrrole nitrogens is 1. The van der Waals surface area contributed by atoms with Gasteiger partial charge in [0, 0.05) is 45.8 Å². The summed E-state index contributed by atoms with van der Waals surface area (Å²) in [4.78, 5) is 16.4. The van der Waals surface area contributed by atoms with Gasteiger partial charge in [-0.2, -0.15) is 5.21 Å². The summed E-state index contributed by atoms with van der Waals surface area (Å²) in [5.41, 5.74) is 7.80. The summed E-state index contributed by atoms with van der Waals surface area (Å²) in [7, 11) is 0. The zero-order valence-corrected chi connectivity index (χ0v) is 14.9. The molecule has 0 aliphatic heterocycles. The second kappa shape index (κ2) is 7.51. The van der Waals surface area contributed by atoms with Crippen molar-refractivity contribution in [2.45, 2.75) is 0 Å². The van der Waals surface area contributed by atoms with Gasteiger partial charge in [-0.25, -0.2) is 4.98 Å². The molecule has 8 nitrogen and oxygen atoms in total. The Hall–Kier alpha value is -2.00. The molecule has 0 bridgehead atoms. The van der Waals surface area contributed by atoms with E-state index in [2.05, 4.69) is 30.9 Å². The molecule has 10 heteroatoms. The molecule has 1 amide bonds. The van der Waals surface area contributed by atoms with Crippen molar-refractivity contribution in [2.24, 2.45) is 0 Å². The Kier molecular flexibility index (Phi) is 5.67. The third-order valence-electron chi connectivity index (χ3n) is 2.80. The van der Waals surface area contributed by atoms with Crippen molar-refractivity contribution in [2.75, 3.05) is 11.1 Å². The number of nitrogen functional groups attached to an aromatic ring is 1. The maximum absolute atomic E-state index is 12.1. The van der Waals surface area contributed by atoms with E-state index in [1.165, 1.54) is 6.07 Å². The predicted octanol–water partition coefficient (Wildman–Crippen LogP) is 1.37. The van der Waals surface area contributed by atoms with Gasteiger partial charge in [0.15, 0.2) is 0 Å². The van der Waals surface area contributed by atoms with E-state index in [4.69, 9.17) is 17.3 Å². The van der Waals surface area contributed by atoms with Gasteiger partial charge < -0.3 is 5.73 Å². The normalized spacial score (nSPS) is 9.96. The number of carbonyl (C=O) groups is 1. The summed E-state index contributed by atoms with van der Waals surface area (Å²) in [5.74, 6) is -0.429. The first-order valence-corrected chi connectivity index (χ1v) is 6.58. The molecule has 0 aliphatic carbocycles. The number of anilines is 2. The van der Waals surface area contributed by atoms with Crippen molar-refractivity contribution in [3.8, 4) is 11.3 Å². The number of pyridine rings is 1. The third-order valence-corrected chi connectivity index (χ3v) is 3.02. The van der Waals surface area contributed by atoms with Gasteiger partial charge in [-0.05, 0) is 29.5 Å². The molecule has 1 aromatic carbocycles. The molecular weight excluding hydrogens is 329 g/mol. The number of tetrazole rings is 1. The third kappa shape index (κ3) is 4.26. The van der Waals surface area contributed by atoms with E-state index in [0.717, 1.165) is 5.56 Å². The Balaban J connectivity index is 0.00000192. The molecule has 111 valence electrons. The summed E-state index contributed by atoms with van der Waals surface area (Å²) >= 11 is 6.06. The monoisotopic (exact) mass is 338 g/mol. The summed E-state index contributed by atoms with van der Waals surface area (Å²) in [6.07, 6.45) is 0. The van der Waals surface area contributed by atoms with Crippen LogP contribution >= 0.6 is 11.6 Å². The molecule has 23 heavy (non-hydrogen) atoms. The Morgan fingerprint density at radius 3 is 2.61 bits per heavy atom. The summed E-state index contributed by atoms with van der Waals surface area (Å²) in [6, 6.07) is 10.2. The van der Waals surface area contributed by atoms with E-state index in [0.29, 0.717) is 16.4 Å². The number of aromatic nitrogens is 5. The van der Waals surface area contributed by atoms with Crippen molar-refractivity contribution in [3.05, 3.63) is 47.1 Å². The van der Waals surface area contributed by atoms with Crippen molar-refractivity contribution < 1.29 is 4.79 Å². The topological polar surface area (TPSA) is 122 Å². The molecule has 0 unspecified atom stereocenters. The van der Waals surface area contributed by atoms with Gasteiger partial charge in [-0.15, -0.1) is 5.10 Å². The number of hydrogen-bond acceptors (Lipinski definition) is 6. The summed E-state index contributed by atoms with van der Waals surface area (Å²) in [6.45, 7) is 0. The van der Waals surface area contributed by atoms with Gasteiger partial charge in [-0.1, -0.05) is 28.8 Å². The van der Waals surface area contributed by atoms with E-state index < -0.39 is 5.91 Å². The second-order valence-electron chi connectivity index (χ2n) is 4.37. The molecule has 0 saturated carbocycles. The zero-order chi connectivity index (χ0) is 15.5. The number of aromatic amines is 1. The van der Waals surface area contributed by atoms with Crippen molar-refractivity contribution in [1.82, 2.24) is 25.6 Å². The van der Waals surface area contributed by atoms with Crippen LogP contribution in [0.3, 0.4) is 0 Å².